The van der Waals surface area contributed by atoms with Crippen LogP contribution >= 0.6 is 0 Å². The zero-order chi connectivity index (χ0) is 13.8. The Labute approximate surface area is 111 Å². The summed E-state index contributed by atoms with van der Waals surface area (Å²) in [6.45, 7) is 2.59. The smallest absolute Gasteiger partial charge is 0.326 e. The first-order chi connectivity index (χ1) is 9.15. The summed E-state index contributed by atoms with van der Waals surface area (Å²) in [4.78, 5) is 11.8. The second-order valence-electron chi connectivity index (χ2n) is 4.53. The maximum Gasteiger partial charge on any atom is 0.326 e. The minimum atomic E-state index is -0.289. The summed E-state index contributed by atoms with van der Waals surface area (Å²) in [5.41, 5.74) is 2.12. The maximum absolute atomic E-state index is 11.8. The molecule has 0 aliphatic rings. The Morgan fingerprint density at radius 2 is 2.00 bits per heavy atom. The highest BCUT2D eigenvalue weighted by molar-refractivity contribution is 5.78. The van der Waals surface area contributed by atoms with Gasteiger partial charge in [0.15, 0.2) is 0 Å². The van der Waals surface area contributed by atoms with Crippen LogP contribution in [0, 0.1) is 5.41 Å². The Morgan fingerprint density at radius 3 is 2.68 bits per heavy atom. The van der Waals surface area contributed by atoms with E-state index in [0.29, 0.717) is 12.2 Å². The fourth-order valence-electron chi connectivity index (χ4n) is 2.05. The minimum absolute atomic E-state index is 0.0872. The number of ether oxygens (including phenoxy) is 1. The topological polar surface area (TPSA) is 60.0 Å². The van der Waals surface area contributed by atoms with E-state index in [4.69, 9.17) is 10.1 Å². The molecule has 0 saturated carbocycles. The van der Waals surface area contributed by atoms with Crippen molar-refractivity contribution in [1.82, 2.24) is 9.13 Å². The van der Waals surface area contributed by atoms with Gasteiger partial charge in [-0.05, 0) is 18.6 Å². The van der Waals surface area contributed by atoms with E-state index in [1.807, 2.05) is 31.3 Å². The Kier molecular flexibility index (Phi) is 4.04. The first kappa shape index (κ1) is 13.4. The van der Waals surface area contributed by atoms with Crippen molar-refractivity contribution in [2.75, 3.05) is 6.61 Å². The molecule has 0 unspecified atom stereocenters. The van der Waals surface area contributed by atoms with Crippen LogP contribution in [0.3, 0.4) is 0 Å². The molecule has 0 saturated heterocycles. The van der Waals surface area contributed by atoms with Crippen LogP contribution < -0.4 is 5.62 Å². The number of nitrogens with one attached hydrogen (secondary N) is 1. The summed E-state index contributed by atoms with van der Waals surface area (Å²) in [6.07, 6.45) is 1.87. The van der Waals surface area contributed by atoms with E-state index in [0.717, 1.165) is 23.9 Å². The van der Waals surface area contributed by atoms with Gasteiger partial charge in [-0.3, -0.25) is 14.8 Å². The summed E-state index contributed by atoms with van der Waals surface area (Å²) in [5, 5.41) is 8.05. The van der Waals surface area contributed by atoms with Gasteiger partial charge < -0.3 is 9.30 Å². The van der Waals surface area contributed by atoms with Gasteiger partial charge in [0.1, 0.15) is 6.54 Å². The van der Waals surface area contributed by atoms with Gasteiger partial charge in [0.25, 0.3) is 0 Å². The SMILES string of the molecule is CCCCOC(=O)Cn1c(=N)n(C)c2ccccc21. The van der Waals surface area contributed by atoms with Crippen LogP contribution in [0.5, 0.6) is 0 Å². The molecule has 2 aromatic rings. The normalized spacial score (nSPS) is 10.8. The number of para-hydroxylation sites is 2. The van der Waals surface area contributed by atoms with Crippen molar-refractivity contribution in [1.29, 1.82) is 5.41 Å². The van der Waals surface area contributed by atoms with Gasteiger partial charge in [0.2, 0.25) is 5.62 Å². The molecular weight excluding hydrogens is 242 g/mol. The van der Waals surface area contributed by atoms with Crippen molar-refractivity contribution in [2.45, 2.75) is 26.3 Å². The molecule has 5 heteroatoms. The van der Waals surface area contributed by atoms with Gasteiger partial charge in [-0.15, -0.1) is 0 Å². The molecule has 1 N–H and O–H groups in total. The average Bonchev–Trinajstić information content (AvgIpc) is 2.65. The summed E-state index contributed by atoms with van der Waals surface area (Å²) in [7, 11) is 1.82. The van der Waals surface area contributed by atoms with E-state index in [9.17, 15) is 4.79 Å². The number of hydrogen-bond acceptors (Lipinski definition) is 3. The van der Waals surface area contributed by atoms with Crippen molar-refractivity contribution >= 4 is 17.0 Å². The van der Waals surface area contributed by atoms with Gasteiger partial charge in [-0.1, -0.05) is 25.5 Å². The molecule has 0 bridgehead atoms. The fourth-order valence-corrected chi connectivity index (χ4v) is 2.05. The number of rotatable bonds is 5. The third-order valence-corrected chi connectivity index (χ3v) is 3.16. The van der Waals surface area contributed by atoms with Crippen LogP contribution in [-0.4, -0.2) is 21.7 Å². The molecule has 0 fully saturated rings. The van der Waals surface area contributed by atoms with Crippen molar-refractivity contribution in [3.8, 4) is 0 Å². The molecular formula is C14H19N3O2. The predicted molar refractivity (Wildman–Crippen MR) is 72.6 cm³/mol. The number of aromatic nitrogens is 2. The number of fused-ring (bicyclic) bond motifs is 1. The van der Waals surface area contributed by atoms with Crippen molar-refractivity contribution in [3.63, 3.8) is 0 Å². The van der Waals surface area contributed by atoms with Gasteiger partial charge in [0.05, 0.1) is 17.6 Å². The number of benzene rings is 1. The lowest BCUT2D eigenvalue weighted by Gasteiger charge is -2.05. The molecule has 1 heterocycles. The molecule has 0 aliphatic heterocycles. The Morgan fingerprint density at radius 1 is 1.32 bits per heavy atom. The zero-order valence-electron chi connectivity index (χ0n) is 11.3. The van der Waals surface area contributed by atoms with Crippen molar-refractivity contribution < 1.29 is 9.53 Å². The number of nitrogens with zero attached hydrogens (tertiary/aromatic N) is 2. The number of carbonyl (C=O) groups is 1. The number of imidazole rings is 1. The molecule has 0 spiro atoms. The maximum atomic E-state index is 11.8. The van der Waals surface area contributed by atoms with Crippen LogP contribution in [0.15, 0.2) is 24.3 Å². The van der Waals surface area contributed by atoms with Crippen LogP contribution in [-0.2, 0) is 23.1 Å². The average molecular weight is 261 g/mol. The quantitative estimate of drug-likeness (QED) is 0.659. The van der Waals surface area contributed by atoms with Gasteiger partial charge in [-0.25, -0.2) is 0 Å². The Bertz CT molecular complexity index is 640. The number of hydrogen-bond donors (Lipinski definition) is 1. The third kappa shape index (κ3) is 2.70. The summed E-state index contributed by atoms with van der Waals surface area (Å²) in [6, 6.07) is 7.67. The third-order valence-electron chi connectivity index (χ3n) is 3.16. The minimum Gasteiger partial charge on any atom is -0.464 e. The number of carbonyl (C=O) groups excluding carboxylic acids is 1. The second kappa shape index (κ2) is 5.73. The van der Waals surface area contributed by atoms with E-state index < -0.39 is 0 Å². The van der Waals surface area contributed by atoms with E-state index in [1.165, 1.54) is 0 Å². The summed E-state index contributed by atoms with van der Waals surface area (Å²) >= 11 is 0. The van der Waals surface area contributed by atoms with E-state index in [2.05, 4.69) is 6.92 Å². The van der Waals surface area contributed by atoms with E-state index >= 15 is 0 Å². The predicted octanol–water partition coefficient (Wildman–Crippen LogP) is 1.80. The summed E-state index contributed by atoms with van der Waals surface area (Å²) < 4.78 is 8.58. The molecule has 5 nitrogen and oxygen atoms in total. The number of esters is 1. The highest BCUT2D eigenvalue weighted by Gasteiger charge is 2.11. The number of aryl methyl sites for hydroxylation is 1. The first-order valence-corrected chi connectivity index (χ1v) is 6.49. The van der Waals surface area contributed by atoms with Crippen molar-refractivity contribution in [3.05, 3.63) is 29.9 Å². The highest BCUT2D eigenvalue weighted by Crippen LogP contribution is 2.11. The molecule has 0 atom stereocenters. The standard InChI is InChI=1S/C14H19N3O2/c1-3-4-9-19-13(18)10-17-12-8-6-5-7-11(12)16(2)14(17)15/h5-8,15H,3-4,9-10H2,1-2H3. The number of unbranched alkanes of at least 4 members (excludes halogenated alkanes) is 1. The molecule has 1 aromatic heterocycles. The second-order valence-corrected chi connectivity index (χ2v) is 4.53. The van der Waals surface area contributed by atoms with Crippen molar-refractivity contribution in [2.24, 2.45) is 7.05 Å². The Hall–Kier alpha value is -2.04. The van der Waals surface area contributed by atoms with Crippen LogP contribution in [0.2, 0.25) is 0 Å². The van der Waals surface area contributed by atoms with Gasteiger partial charge in [-0.2, -0.15) is 0 Å². The largest absolute Gasteiger partial charge is 0.464 e. The molecule has 0 aliphatic carbocycles. The monoisotopic (exact) mass is 261 g/mol. The van der Waals surface area contributed by atoms with E-state index in [1.54, 1.807) is 9.13 Å². The summed E-state index contributed by atoms with van der Waals surface area (Å²) in [5.74, 6) is -0.289. The van der Waals surface area contributed by atoms with E-state index in [-0.39, 0.29) is 12.5 Å². The lowest BCUT2D eigenvalue weighted by molar-refractivity contribution is -0.144. The van der Waals surface area contributed by atoms with Crippen LogP contribution in [0.25, 0.3) is 11.0 Å². The molecule has 2 rings (SSSR count). The molecule has 1 aromatic carbocycles. The lowest BCUT2D eigenvalue weighted by atomic mass is 10.3. The zero-order valence-corrected chi connectivity index (χ0v) is 11.3. The van der Waals surface area contributed by atoms with Gasteiger partial charge >= 0.3 is 5.97 Å². The lowest BCUT2D eigenvalue weighted by Crippen LogP contribution is -2.26. The molecule has 0 amide bonds. The van der Waals surface area contributed by atoms with Crippen LogP contribution in [0.4, 0.5) is 0 Å². The molecule has 102 valence electrons. The molecule has 19 heavy (non-hydrogen) atoms. The first-order valence-electron chi connectivity index (χ1n) is 6.49. The van der Waals surface area contributed by atoms with Crippen LogP contribution in [0.1, 0.15) is 19.8 Å². The molecule has 0 radical (unpaired) electrons. The Balaban J connectivity index is 2.23. The fraction of sp³-hybridized carbons (Fsp3) is 0.429. The highest BCUT2D eigenvalue weighted by atomic mass is 16.5. The van der Waals surface area contributed by atoms with Gasteiger partial charge in [0, 0.05) is 7.05 Å².